The summed E-state index contributed by atoms with van der Waals surface area (Å²) >= 11 is 0. The average molecular weight is 260 g/mol. The molecular weight excluding hydrogens is 244 g/mol. The third-order valence-corrected chi connectivity index (χ3v) is 2.39. The van der Waals surface area contributed by atoms with E-state index in [1.54, 1.807) is 24.3 Å². The van der Waals surface area contributed by atoms with Crippen LogP contribution >= 0.6 is 0 Å². The molecule has 1 unspecified atom stereocenters. The molecule has 0 saturated carbocycles. The fraction of sp³-hybridized carbons (Fsp3) is 0.286. The number of primary amides is 1. The topological polar surface area (TPSA) is 92.4 Å². The summed E-state index contributed by atoms with van der Waals surface area (Å²) in [6.45, 7) is 1.55. The van der Waals surface area contributed by atoms with Gasteiger partial charge in [0, 0.05) is 17.5 Å². The van der Waals surface area contributed by atoms with E-state index >= 15 is 0 Å². The van der Waals surface area contributed by atoms with Crippen LogP contribution in [0.4, 0.5) is 0 Å². The number of aliphatic hydroxyl groups excluding tert-OH is 1. The van der Waals surface area contributed by atoms with Gasteiger partial charge in [0.05, 0.1) is 6.61 Å². The Bertz CT molecular complexity index is 512. The van der Waals surface area contributed by atoms with E-state index in [4.69, 9.17) is 10.8 Å². The lowest BCUT2D eigenvalue weighted by Crippen LogP contribution is -2.42. The second kappa shape index (κ2) is 7.19. The minimum Gasteiger partial charge on any atom is -0.395 e. The van der Waals surface area contributed by atoms with Crippen molar-refractivity contribution in [3.63, 3.8) is 0 Å². The Hall–Kier alpha value is -2.32. The minimum atomic E-state index is -0.712. The first kappa shape index (κ1) is 14.7. The molecule has 1 aromatic carbocycles. The molecule has 0 radical (unpaired) electrons. The molecule has 0 aliphatic carbocycles. The second-order valence-corrected chi connectivity index (χ2v) is 3.95. The molecule has 5 nitrogen and oxygen atoms in total. The molecule has 100 valence electrons. The summed E-state index contributed by atoms with van der Waals surface area (Å²) in [4.78, 5) is 22.6. The molecule has 0 saturated heterocycles. The molecule has 4 N–H and O–H groups in total. The maximum Gasteiger partial charge on any atom is 0.251 e. The molecular formula is C14H16N2O3. The zero-order valence-electron chi connectivity index (χ0n) is 10.6. The van der Waals surface area contributed by atoms with E-state index in [1.165, 1.54) is 6.92 Å². The van der Waals surface area contributed by atoms with E-state index in [9.17, 15) is 9.59 Å². The molecule has 2 amide bonds. The summed E-state index contributed by atoms with van der Waals surface area (Å²) in [7, 11) is 0. The molecule has 0 heterocycles. The van der Waals surface area contributed by atoms with Crippen LogP contribution in [-0.4, -0.2) is 29.6 Å². The van der Waals surface area contributed by atoms with Crippen LogP contribution in [0.2, 0.25) is 0 Å². The van der Waals surface area contributed by atoms with Gasteiger partial charge in [0.2, 0.25) is 5.91 Å². The van der Waals surface area contributed by atoms with Crippen molar-refractivity contribution < 1.29 is 14.7 Å². The number of carbonyl (C=O) groups is 2. The van der Waals surface area contributed by atoms with Crippen molar-refractivity contribution in [2.75, 3.05) is 6.61 Å². The van der Waals surface area contributed by atoms with Crippen molar-refractivity contribution in [1.82, 2.24) is 5.32 Å². The Balaban J connectivity index is 2.69. The predicted octanol–water partition coefficient (Wildman–Crippen LogP) is 0.0241. The Morgan fingerprint density at radius 1 is 1.37 bits per heavy atom. The maximum absolute atomic E-state index is 11.7. The Morgan fingerprint density at radius 3 is 2.53 bits per heavy atom. The van der Waals surface area contributed by atoms with E-state index in [-0.39, 0.29) is 12.5 Å². The monoisotopic (exact) mass is 260 g/mol. The molecule has 0 bridgehead atoms. The fourth-order valence-electron chi connectivity index (χ4n) is 1.28. The number of amides is 2. The van der Waals surface area contributed by atoms with Crippen molar-refractivity contribution in [2.24, 2.45) is 5.73 Å². The van der Waals surface area contributed by atoms with Gasteiger partial charge in [-0.05, 0) is 31.2 Å². The molecule has 0 aliphatic rings. The van der Waals surface area contributed by atoms with Gasteiger partial charge in [-0.3, -0.25) is 9.59 Å². The fourth-order valence-corrected chi connectivity index (χ4v) is 1.28. The van der Waals surface area contributed by atoms with Gasteiger partial charge in [-0.15, -0.1) is 0 Å². The van der Waals surface area contributed by atoms with Crippen molar-refractivity contribution in [3.8, 4) is 11.8 Å². The van der Waals surface area contributed by atoms with Gasteiger partial charge in [-0.1, -0.05) is 11.8 Å². The predicted molar refractivity (Wildman–Crippen MR) is 71.1 cm³/mol. The van der Waals surface area contributed by atoms with E-state index < -0.39 is 11.9 Å². The lowest BCUT2D eigenvalue weighted by atomic mass is 10.1. The van der Waals surface area contributed by atoms with Gasteiger partial charge < -0.3 is 16.2 Å². The highest BCUT2D eigenvalue weighted by Crippen LogP contribution is 2.03. The van der Waals surface area contributed by atoms with Gasteiger partial charge in [0.25, 0.3) is 5.91 Å². The van der Waals surface area contributed by atoms with Crippen molar-refractivity contribution in [2.45, 2.75) is 19.4 Å². The molecule has 5 heteroatoms. The molecule has 0 aliphatic heterocycles. The van der Waals surface area contributed by atoms with Crippen LogP contribution in [0.1, 0.15) is 29.3 Å². The SMILES string of the molecule is CC(NC(=O)c1ccc(C#CCCO)cc1)C(N)=O. The van der Waals surface area contributed by atoms with Crippen LogP contribution < -0.4 is 11.1 Å². The quantitative estimate of drug-likeness (QED) is 0.666. The molecule has 0 aromatic heterocycles. The second-order valence-electron chi connectivity index (χ2n) is 3.95. The van der Waals surface area contributed by atoms with Gasteiger partial charge in [-0.25, -0.2) is 0 Å². The third-order valence-electron chi connectivity index (χ3n) is 2.39. The van der Waals surface area contributed by atoms with Gasteiger partial charge in [0.15, 0.2) is 0 Å². The smallest absolute Gasteiger partial charge is 0.251 e. The number of rotatable bonds is 4. The highest BCUT2D eigenvalue weighted by molar-refractivity contribution is 5.97. The number of aliphatic hydroxyl groups is 1. The maximum atomic E-state index is 11.7. The van der Waals surface area contributed by atoms with Crippen LogP contribution in [-0.2, 0) is 4.79 Å². The summed E-state index contributed by atoms with van der Waals surface area (Å²) in [5.74, 6) is 4.70. The van der Waals surface area contributed by atoms with Crippen molar-refractivity contribution in [3.05, 3.63) is 35.4 Å². The molecule has 1 atom stereocenters. The van der Waals surface area contributed by atoms with Crippen LogP contribution in [0, 0.1) is 11.8 Å². The number of carbonyl (C=O) groups excluding carboxylic acids is 2. The number of nitrogens with two attached hydrogens (primary N) is 1. The van der Waals surface area contributed by atoms with Crippen LogP contribution in [0.5, 0.6) is 0 Å². The van der Waals surface area contributed by atoms with Crippen LogP contribution in [0.3, 0.4) is 0 Å². The first-order chi connectivity index (χ1) is 9.04. The third kappa shape index (κ3) is 4.82. The first-order valence-electron chi connectivity index (χ1n) is 5.84. The Kier molecular flexibility index (Phi) is 5.58. The summed E-state index contributed by atoms with van der Waals surface area (Å²) in [5, 5.41) is 11.1. The largest absolute Gasteiger partial charge is 0.395 e. The highest BCUT2D eigenvalue weighted by Gasteiger charge is 2.13. The summed E-state index contributed by atoms with van der Waals surface area (Å²) in [6.07, 6.45) is 0.415. The van der Waals surface area contributed by atoms with Crippen LogP contribution in [0.25, 0.3) is 0 Å². The molecule has 1 aromatic rings. The minimum absolute atomic E-state index is 0.0263. The lowest BCUT2D eigenvalue weighted by Gasteiger charge is -2.09. The van der Waals surface area contributed by atoms with E-state index in [2.05, 4.69) is 17.2 Å². The van der Waals surface area contributed by atoms with Crippen LogP contribution in [0.15, 0.2) is 24.3 Å². The molecule has 0 spiro atoms. The average Bonchev–Trinajstić information content (AvgIpc) is 2.39. The van der Waals surface area contributed by atoms with Gasteiger partial charge in [-0.2, -0.15) is 0 Å². The lowest BCUT2D eigenvalue weighted by molar-refractivity contribution is -0.119. The zero-order valence-corrected chi connectivity index (χ0v) is 10.6. The van der Waals surface area contributed by atoms with Crippen molar-refractivity contribution in [1.29, 1.82) is 0 Å². The highest BCUT2D eigenvalue weighted by atomic mass is 16.2. The zero-order chi connectivity index (χ0) is 14.3. The molecule has 0 fully saturated rings. The number of benzene rings is 1. The van der Waals surface area contributed by atoms with Gasteiger partial charge in [0.1, 0.15) is 6.04 Å². The normalized spacial score (nSPS) is 11.1. The Morgan fingerprint density at radius 2 is 2.00 bits per heavy atom. The summed E-state index contributed by atoms with van der Waals surface area (Å²) in [5.41, 5.74) is 6.25. The molecule has 19 heavy (non-hydrogen) atoms. The Labute approximate surface area is 111 Å². The van der Waals surface area contributed by atoms with E-state index in [1.807, 2.05) is 0 Å². The van der Waals surface area contributed by atoms with E-state index in [0.29, 0.717) is 12.0 Å². The van der Waals surface area contributed by atoms with Crippen molar-refractivity contribution >= 4 is 11.8 Å². The summed E-state index contributed by atoms with van der Waals surface area (Å²) < 4.78 is 0. The number of hydrogen-bond donors (Lipinski definition) is 3. The standard InChI is InChI=1S/C14H16N2O3/c1-10(13(15)18)16-14(19)12-7-5-11(6-8-12)4-2-3-9-17/h5-8,10,17H,3,9H2,1H3,(H2,15,18)(H,16,19). The summed E-state index contributed by atoms with van der Waals surface area (Å²) in [6, 6.07) is 5.93. The number of nitrogens with one attached hydrogen (secondary N) is 1. The number of hydrogen-bond acceptors (Lipinski definition) is 3. The van der Waals surface area contributed by atoms with Gasteiger partial charge >= 0.3 is 0 Å². The molecule has 1 rings (SSSR count). The van der Waals surface area contributed by atoms with E-state index in [0.717, 1.165) is 5.56 Å². The first-order valence-corrected chi connectivity index (χ1v) is 5.84.